The number of ketones is 1. The highest BCUT2D eigenvalue weighted by molar-refractivity contribution is 6.23. The lowest BCUT2D eigenvalue weighted by molar-refractivity contribution is -0.131. The van der Waals surface area contributed by atoms with Crippen molar-refractivity contribution in [1.82, 2.24) is 9.55 Å². The minimum atomic E-state index is -0.884. The van der Waals surface area contributed by atoms with Gasteiger partial charge in [-0.1, -0.05) is 30.3 Å². The minimum absolute atomic E-state index is 0.0955. The van der Waals surface area contributed by atoms with Crippen LogP contribution < -0.4 is 0 Å². The second-order valence-corrected chi connectivity index (χ2v) is 4.95. The summed E-state index contributed by atoms with van der Waals surface area (Å²) in [5.41, 5.74) is 0.599. The zero-order valence-electron chi connectivity index (χ0n) is 11.9. The van der Waals surface area contributed by atoms with Crippen LogP contribution in [0.25, 0.3) is 11.8 Å². The molecule has 2 aromatic rings. The first kappa shape index (κ1) is 14.2. The largest absolute Gasteiger partial charge is 0.371 e. The average molecular weight is 270 g/mol. The van der Waals surface area contributed by atoms with E-state index in [1.807, 2.05) is 36.4 Å². The van der Waals surface area contributed by atoms with E-state index in [1.54, 1.807) is 37.1 Å². The van der Waals surface area contributed by atoms with E-state index in [-0.39, 0.29) is 5.78 Å². The number of hydrogen-bond acceptors (Lipinski definition) is 3. The van der Waals surface area contributed by atoms with Crippen LogP contribution in [0.15, 0.2) is 49.1 Å². The van der Waals surface area contributed by atoms with Gasteiger partial charge in [0, 0.05) is 19.5 Å². The fraction of sp³-hybridized carbons (Fsp3) is 0.250. The molecule has 0 radical (unpaired) electrons. The van der Waals surface area contributed by atoms with Crippen molar-refractivity contribution in [3.05, 3.63) is 54.6 Å². The smallest absolute Gasteiger partial charge is 0.210 e. The fourth-order valence-corrected chi connectivity index (χ4v) is 1.77. The van der Waals surface area contributed by atoms with E-state index in [1.165, 1.54) is 7.11 Å². The lowest BCUT2D eigenvalue weighted by atomic mass is 9.99. The molecule has 0 aliphatic heterocycles. The lowest BCUT2D eigenvalue weighted by Gasteiger charge is -2.23. The number of aromatic nitrogens is 2. The summed E-state index contributed by atoms with van der Waals surface area (Å²) >= 11 is 0. The first-order chi connectivity index (χ1) is 9.54. The van der Waals surface area contributed by atoms with Crippen LogP contribution in [0.5, 0.6) is 0 Å². The predicted molar refractivity (Wildman–Crippen MR) is 78.9 cm³/mol. The number of carbonyl (C=O) groups is 1. The van der Waals surface area contributed by atoms with Crippen molar-refractivity contribution >= 4 is 17.6 Å². The first-order valence-corrected chi connectivity index (χ1v) is 6.39. The number of ether oxygens (including phenoxy) is 1. The Hall–Kier alpha value is -2.20. The zero-order chi connectivity index (χ0) is 14.6. The van der Waals surface area contributed by atoms with Gasteiger partial charge in [-0.15, -0.1) is 0 Å². The number of Topliss-reactive ketones (excluding diaryl/α,β-unsaturated/α-hetero) is 1. The summed E-state index contributed by atoms with van der Waals surface area (Å²) in [4.78, 5) is 16.7. The van der Waals surface area contributed by atoms with Crippen LogP contribution in [0.4, 0.5) is 0 Å². The Balaban J connectivity index is 2.47. The summed E-state index contributed by atoms with van der Waals surface area (Å²) in [6, 6.07) is 9.70. The zero-order valence-corrected chi connectivity index (χ0v) is 11.9. The maximum atomic E-state index is 12.7. The van der Waals surface area contributed by atoms with Gasteiger partial charge in [0.05, 0.1) is 12.0 Å². The topological polar surface area (TPSA) is 44.1 Å². The average Bonchev–Trinajstić information content (AvgIpc) is 2.99. The Morgan fingerprint density at radius 3 is 2.55 bits per heavy atom. The third kappa shape index (κ3) is 3.03. The van der Waals surface area contributed by atoms with Crippen molar-refractivity contribution in [2.24, 2.45) is 0 Å². The van der Waals surface area contributed by atoms with E-state index in [4.69, 9.17) is 4.74 Å². The monoisotopic (exact) mass is 270 g/mol. The van der Waals surface area contributed by atoms with Gasteiger partial charge in [-0.2, -0.15) is 0 Å². The van der Waals surface area contributed by atoms with Crippen molar-refractivity contribution in [3.63, 3.8) is 0 Å². The predicted octanol–water partition coefficient (Wildman–Crippen LogP) is 2.88. The van der Waals surface area contributed by atoms with Gasteiger partial charge in [0.25, 0.3) is 0 Å². The van der Waals surface area contributed by atoms with Gasteiger partial charge < -0.3 is 9.30 Å². The molecule has 0 aliphatic carbocycles. The molecular weight excluding hydrogens is 252 g/mol. The Bertz CT molecular complexity index is 599. The van der Waals surface area contributed by atoms with E-state index in [0.717, 1.165) is 5.56 Å². The number of hydrogen-bond donors (Lipinski definition) is 0. The second kappa shape index (κ2) is 5.84. The first-order valence-electron chi connectivity index (χ1n) is 6.39. The molecular formula is C16H18N2O2. The lowest BCUT2D eigenvalue weighted by Crippen LogP contribution is -2.35. The van der Waals surface area contributed by atoms with Crippen LogP contribution in [0, 0.1) is 0 Å². The summed E-state index contributed by atoms with van der Waals surface area (Å²) in [6.07, 6.45) is 6.84. The van der Waals surface area contributed by atoms with Crippen molar-refractivity contribution in [2.75, 3.05) is 7.11 Å². The van der Waals surface area contributed by atoms with Gasteiger partial charge in [-0.3, -0.25) is 4.79 Å². The number of nitrogens with zero attached hydrogens (tertiary/aromatic N) is 2. The highest BCUT2D eigenvalue weighted by Gasteiger charge is 2.30. The van der Waals surface area contributed by atoms with Crippen molar-refractivity contribution in [2.45, 2.75) is 19.4 Å². The van der Waals surface area contributed by atoms with Gasteiger partial charge >= 0.3 is 0 Å². The van der Waals surface area contributed by atoms with E-state index < -0.39 is 5.60 Å². The maximum Gasteiger partial charge on any atom is 0.210 e. The highest BCUT2D eigenvalue weighted by Crippen LogP contribution is 2.21. The molecule has 0 saturated heterocycles. The number of rotatable bonds is 5. The summed E-state index contributed by atoms with van der Waals surface area (Å²) in [6.45, 7) is 3.51. The molecule has 104 valence electrons. The SMILES string of the molecule is COC(C)(C)C(=O)C(=Cc1ccccc1)n1ccnc1. The third-order valence-electron chi connectivity index (χ3n) is 3.18. The standard InChI is InChI=1S/C16H18N2O2/c1-16(2,20-3)15(19)14(18-10-9-17-12-18)11-13-7-5-4-6-8-13/h4-12H,1-3H3. The Kier molecular flexibility index (Phi) is 4.15. The van der Waals surface area contributed by atoms with E-state index in [9.17, 15) is 4.79 Å². The molecule has 0 N–H and O–H groups in total. The Morgan fingerprint density at radius 1 is 1.30 bits per heavy atom. The molecule has 0 bridgehead atoms. The van der Waals surface area contributed by atoms with E-state index >= 15 is 0 Å². The molecule has 20 heavy (non-hydrogen) atoms. The summed E-state index contributed by atoms with van der Waals surface area (Å²) in [5.74, 6) is -0.0955. The molecule has 0 atom stereocenters. The van der Waals surface area contributed by atoms with Gasteiger partial charge in [0.2, 0.25) is 5.78 Å². The molecule has 1 aromatic heterocycles. The van der Waals surface area contributed by atoms with Gasteiger partial charge in [0.1, 0.15) is 5.60 Å². The second-order valence-electron chi connectivity index (χ2n) is 4.95. The molecule has 0 aliphatic rings. The van der Waals surface area contributed by atoms with Crippen molar-refractivity contribution < 1.29 is 9.53 Å². The number of carbonyl (C=O) groups excluding carboxylic acids is 1. The minimum Gasteiger partial charge on any atom is -0.371 e. The van der Waals surface area contributed by atoms with E-state index in [2.05, 4.69) is 4.98 Å². The van der Waals surface area contributed by atoms with Crippen LogP contribution in [-0.2, 0) is 9.53 Å². The number of benzene rings is 1. The molecule has 0 amide bonds. The highest BCUT2D eigenvalue weighted by atomic mass is 16.5. The molecule has 0 spiro atoms. The quantitative estimate of drug-likeness (QED) is 0.785. The van der Waals surface area contributed by atoms with Crippen molar-refractivity contribution in [3.8, 4) is 0 Å². The molecule has 0 fully saturated rings. The van der Waals surface area contributed by atoms with Crippen molar-refractivity contribution in [1.29, 1.82) is 0 Å². The van der Waals surface area contributed by atoms with Crippen LogP contribution in [-0.4, -0.2) is 28.0 Å². The van der Waals surface area contributed by atoms with Gasteiger partial charge in [0.15, 0.2) is 0 Å². The molecule has 4 heteroatoms. The Labute approximate surface area is 118 Å². The maximum absolute atomic E-state index is 12.7. The number of imidazole rings is 1. The van der Waals surface area contributed by atoms with Crippen LogP contribution in [0.2, 0.25) is 0 Å². The van der Waals surface area contributed by atoms with Crippen LogP contribution in [0.3, 0.4) is 0 Å². The molecule has 2 rings (SSSR count). The van der Waals surface area contributed by atoms with Gasteiger partial charge in [-0.25, -0.2) is 4.98 Å². The van der Waals surface area contributed by atoms with E-state index in [0.29, 0.717) is 5.70 Å². The van der Waals surface area contributed by atoms with Gasteiger partial charge in [-0.05, 0) is 25.5 Å². The Morgan fingerprint density at radius 2 is 2.00 bits per heavy atom. The third-order valence-corrected chi connectivity index (χ3v) is 3.18. The van der Waals surface area contributed by atoms with Crippen LogP contribution in [0.1, 0.15) is 19.4 Å². The molecule has 4 nitrogen and oxygen atoms in total. The summed E-state index contributed by atoms with van der Waals surface area (Å²) in [5, 5.41) is 0. The number of methoxy groups -OCH3 is 1. The molecule has 1 heterocycles. The normalized spacial score (nSPS) is 12.4. The molecule has 1 aromatic carbocycles. The summed E-state index contributed by atoms with van der Waals surface area (Å²) < 4.78 is 7.00. The molecule has 0 saturated carbocycles. The fourth-order valence-electron chi connectivity index (χ4n) is 1.77. The molecule has 0 unspecified atom stereocenters. The van der Waals surface area contributed by atoms with Crippen LogP contribution >= 0.6 is 0 Å². The summed E-state index contributed by atoms with van der Waals surface area (Å²) in [7, 11) is 1.53.